The summed E-state index contributed by atoms with van der Waals surface area (Å²) in [6.07, 6.45) is 4.20. The molecule has 0 aromatic carbocycles. The number of halogens is 1. The first-order valence-electron chi connectivity index (χ1n) is 5.21. The Kier molecular flexibility index (Phi) is 4.49. The molecule has 0 bridgehead atoms. The average molecular weight is 289 g/mol. The van der Waals surface area contributed by atoms with Gasteiger partial charge in [-0.1, -0.05) is 6.92 Å². The molecule has 0 aliphatic rings. The van der Waals surface area contributed by atoms with Crippen LogP contribution in [0.2, 0.25) is 0 Å². The van der Waals surface area contributed by atoms with Gasteiger partial charge in [-0.05, 0) is 35.8 Å². The summed E-state index contributed by atoms with van der Waals surface area (Å²) in [5, 5.41) is 7.24. The van der Waals surface area contributed by atoms with Crippen LogP contribution in [-0.2, 0) is 11.3 Å². The first-order valence-corrected chi connectivity index (χ1v) is 6.00. The van der Waals surface area contributed by atoms with E-state index in [9.17, 15) is 4.79 Å². The molecule has 1 heterocycles. The van der Waals surface area contributed by atoms with Crippen molar-refractivity contribution in [3.63, 3.8) is 0 Å². The zero-order valence-corrected chi connectivity index (χ0v) is 11.1. The van der Waals surface area contributed by atoms with Gasteiger partial charge < -0.3 is 11.1 Å². The fourth-order valence-electron chi connectivity index (χ4n) is 1.49. The number of likely N-dealkylation sites (N-methyl/N-ethyl adjacent to an activating group) is 1. The number of aromatic nitrogens is 2. The molecule has 16 heavy (non-hydrogen) atoms. The van der Waals surface area contributed by atoms with Crippen molar-refractivity contribution in [2.45, 2.75) is 32.4 Å². The van der Waals surface area contributed by atoms with Crippen LogP contribution in [0, 0.1) is 0 Å². The van der Waals surface area contributed by atoms with Gasteiger partial charge in [-0.25, -0.2) is 0 Å². The molecule has 90 valence electrons. The fourth-order valence-corrected chi connectivity index (χ4v) is 1.82. The molecular formula is C10H17BrN4O. The molecule has 1 rings (SSSR count). The van der Waals surface area contributed by atoms with E-state index in [1.165, 1.54) is 0 Å². The predicted molar refractivity (Wildman–Crippen MR) is 65.8 cm³/mol. The number of nitrogens with two attached hydrogens (primary N) is 1. The van der Waals surface area contributed by atoms with E-state index >= 15 is 0 Å². The van der Waals surface area contributed by atoms with Gasteiger partial charge in [0.25, 0.3) is 0 Å². The van der Waals surface area contributed by atoms with Gasteiger partial charge >= 0.3 is 0 Å². The molecule has 1 atom stereocenters. The van der Waals surface area contributed by atoms with Crippen molar-refractivity contribution in [3.05, 3.63) is 16.9 Å². The number of nitrogens with one attached hydrogen (secondary N) is 1. The highest BCUT2D eigenvalue weighted by atomic mass is 79.9. The van der Waals surface area contributed by atoms with Crippen LogP contribution in [0.4, 0.5) is 0 Å². The normalized spacial score (nSPS) is 14.7. The first-order chi connectivity index (χ1) is 7.48. The van der Waals surface area contributed by atoms with E-state index in [1.54, 1.807) is 10.9 Å². The van der Waals surface area contributed by atoms with Gasteiger partial charge in [0.05, 0.1) is 16.2 Å². The largest absolute Gasteiger partial charge is 0.368 e. The van der Waals surface area contributed by atoms with Crippen molar-refractivity contribution >= 4 is 21.8 Å². The van der Waals surface area contributed by atoms with Crippen LogP contribution in [0.25, 0.3) is 0 Å². The summed E-state index contributed by atoms with van der Waals surface area (Å²) in [4.78, 5) is 11.4. The number of carbonyl (C=O) groups excluding carboxylic acids is 1. The maximum atomic E-state index is 11.4. The fraction of sp³-hybridized carbons (Fsp3) is 0.600. The zero-order chi connectivity index (χ0) is 12.2. The first kappa shape index (κ1) is 13.2. The molecule has 1 aromatic heterocycles. The monoisotopic (exact) mass is 288 g/mol. The molecular weight excluding hydrogens is 272 g/mol. The van der Waals surface area contributed by atoms with Gasteiger partial charge in [0.1, 0.15) is 0 Å². The molecule has 0 spiro atoms. The molecule has 1 aromatic rings. The van der Waals surface area contributed by atoms with E-state index in [1.807, 2.05) is 20.0 Å². The Hall–Kier alpha value is -0.880. The Bertz CT molecular complexity index is 365. The highest BCUT2D eigenvalue weighted by Crippen LogP contribution is 2.12. The molecule has 0 saturated carbocycles. The van der Waals surface area contributed by atoms with E-state index in [-0.39, 0.29) is 5.91 Å². The maximum Gasteiger partial charge on any atom is 0.237 e. The smallest absolute Gasteiger partial charge is 0.237 e. The molecule has 0 saturated heterocycles. The summed E-state index contributed by atoms with van der Waals surface area (Å²) in [6, 6.07) is 0. The topological polar surface area (TPSA) is 72.9 Å². The minimum Gasteiger partial charge on any atom is -0.368 e. The predicted octanol–water partition coefficient (Wildman–Crippen LogP) is 0.889. The summed E-state index contributed by atoms with van der Waals surface area (Å²) in [5.74, 6) is -0.333. The molecule has 1 unspecified atom stereocenters. The van der Waals surface area contributed by atoms with Crippen LogP contribution in [0.15, 0.2) is 16.9 Å². The lowest BCUT2D eigenvalue weighted by Gasteiger charge is -2.26. The number of rotatable bonds is 6. The van der Waals surface area contributed by atoms with Crippen LogP contribution in [0.1, 0.15) is 20.3 Å². The van der Waals surface area contributed by atoms with Crippen molar-refractivity contribution in [1.82, 2.24) is 15.1 Å². The quantitative estimate of drug-likeness (QED) is 0.817. The van der Waals surface area contributed by atoms with Crippen molar-refractivity contribution in [2.75, 3.05) is 6.54 Å². The van der Waals surface area contributed by atoms with E-state index in [0.717, 1.165) is 4.47 Å². The van der Waals surface area contributed by atoms with E-state index in [2.05, 4.69) is 26.3 Å². The Morgan fingerprint density at radius 1 is 1.75 bits per heavy atom. The molecule has 0 aliphatic heterocycles. The molecule has 3 N–H and O–H groups in total. The van der Waals surface area contributed by atoms with Gasteiger partial charge in [0, 0.05) is 12.7 Å². The van der Waals surface area contributed by atoms with Crippen molar-refractivity contribution in [2.24, 2.45) is 5.73 Å². The summed E-state index contributed by atoms with van der Waals surface area (Å²) >= 11 is 3.32. The molecule has 5 nitrogen and oxygen atoms in total. The van der Waals surface area contributed by atoms with Crippen molar-refractivity contribution in [3.8, 4) is 0 Å². The third-order valence-electron chi connectivity index (χ3n) is 2.55. The number of hydrogen-bond acceptors (Lipinski definition) is 3. The summed E-state index contributed by atoms with van der Waals surface area (Å²) in [5.41, 5.74) is 4.71. The van der Waals surface area contributed by atoms with Gasteiger partial charge in [0.15, 0.2) is 0 Å². The maximum absolute atomic E-state index is 11.4. The second-order valence-corrected chi connectivity index (χ2v) is 4.81. The number of hydrogen-bond donors (Lipinski definition) is 2. The number of amides is 1. The van der Waals surface area contributed by atoms with Crippen LogP contribution < -0.4 is 11.1 Å². The van der Waals surface area contributed by atoms with Crippen molar-refractivity contribution < 1.29 is 4.79 Å². The highest BCUT2D eigenvalue weighted by Gasteiger charge is 2.29. The van der Waals surface area contributed by atoms with Gasteiger partial charge in [-0.2, -0.15) is 5.10 Å². The highest BCUT2D eigenvalue weighted by molar-refractivity contribution is 9.10. The number of primary amides is 1. The molecule has 1 amide bonds. The Labute approximate surface area is 104 Å². The number of aryl methyl sites for hydroxylation is 1. The number of nitrogens with zero attached hydrogens (tertiary/aromatic N) is 2. The van der Waals surface area contributed by atoms with E-state index in [0.29, 0.717) is 19.5 Å². The summed E-state index contributed by atoms with van der Waals surface area (Å²) < 4.78 is 2.71. The summed E-state index contributed by atoms with van der Waals surface area (Å²) in [6.45, 7) is 5.13. The lowest BCUT2D eigenvalue weighted by atomic mass is 9.97. The summed E-state index contributed by atoms with van der Waals surface area (Å²) in [7, 11) is 0. The van der Waals surface area contributed by atoms with Crippen LogP contribution in [0.5, 0.6) is 0 Å². The Balaban J connectivity index is 2.60. The van der Waals surface area contributed by atoms with Crippen LogP contribution in [0.3, 0.4) is 0 Å². The van der Waals surface area contributed by atoms with E-state index in [4.69, 9.17) is 5.73 Å². The standard InChI is InChI=1S/C10H17BrN4O/c1-3-13-10(2,9(12)16)4-5-15-7-8(11)6-14-15/h6-7,13H,3-5H2,1-2H3,(H2,12,16). The third-order valence-corrected chi connectivity index (χ3v) is 2.96. The molecule has 0 radical (unpaired) electrons. The molecule has 0 fully saturated rings. The Morgan fingerprint density at radius 3 is 2.88 bits per heavy atom. The zero-order valence-electron chi connectivity index (χ0n) is 9.53. The van der Waals surface area contributed by atoms with E-state index < -0.39 is 5.54 Å². The Morgan fingerprint density at radius 2 is 2.44 bits per heavy atom. The van der Waals surface area contributed by atoms with Gasteiger partial charge in [-0.15, -0.1) is 0 Å². The second-order valence-electron chi connectivity index (χ2n) is 3.90. The minimum absolute atomic E-state index is 0.333. The SMILES string of the molecule is CCNC(C)(CCn1cc(Br)cn1)C(N)=O. The molecule has 6 heteroatoms. The number of carbonyl (C=O) groups is 1. The third kappa shape index (κ3) is 3.31. The molecule has 0 aliphatic carbocycles. The van der Waals surface area contributed by atoms with Crippen LogP contribution >= 0.6 is 15.9 Å². The second kappa shape index (κ2) is 5.45. The van der Waals surface area contributed by atoms with Gasteiger partial charge in [0.2, 0.25) is 5.91 Å². The average Bonchev–Trinajstić information content (AvgIpc) is 2.61. The van der Waals surface area contributed by atoms with Crippen molar-refractivity contribution in [1.29, 1.82) is 0 Å². The lowest BCUT2D eigenvalue weighted by molar-refractivity contribution is -0.124. The van der Waals surface area contributed by atoms with Gasteiger partial charge in [-0.3, -0.25) is 9.48 Å². The lowest BCUT2D eigenvalue weighted by Crippen LogP contribution is -2.53. The minimum atomic E-state index is -0.673. The van der Waals surface area contributed by atoms with Crippen LogP contribution in [-0.4, -0.2) is 27.8 Å².